The van der Waals surface area contributed by atoms with Gasteiger partial charge in [0.25, 0.3) is 0 Å². The Morgan fingerprint density at radius 2 is 1.80 bits per heavy atom. The first-order valence-electron chi connectivity index (χ1n) is 7.93. The second-order valence-electron chi connectivity index (χ2n) is 7.04. The van der Waals surface area contributed by atoms with E-state index in [1.165, 1.54) is 35.6 Å². The Balaban J connectivity index is 1.53. The van der Waals surface area contributed by atoms with Crippen LogP contribution in [0.25, 0.3) is 10.8 Å². The number of nitrogens with zero attached hydrogens (tertiary/aromatic N) is 1. The lowest BCUT2D eigenvalue weighted by Crippen LogP contribution is -2.18. The fourth-order valence-corrected chi connectivity index (χ4v) is 5.49. The van der Waals surface area contributed by atoms with E-state index in [-0.39, 0.29) is 6.04 Å². The van der Waals surface area contributed by atoms with Crippen molar-refractivity contribution in [3.8, 4) is 0 Å². The topological polar surface area (TPSA) is 38.9 Å². The summed E-state index contributed by atoms with van der Waals surface area (Å²) >= 11 is 0. The third-order valence-electron chi connectivity index (χ3n) is 6.27. The largest absolute Gasteiger partial charge is 0.324 e. The van der Waals surface area contributed by atoms with Crippen molar-refractivity contribution in [3.05, 3.63) is 42.2 Å². The first-order chi connectivity index (χ1) is 9.84. The van der Waals surface area contributed by atoms with E-state index in [0.717, 1.165) is 29.6 Å². The third kappa shape index (κ3) is 1.35. The molecule has 2 bridgehead atoms. The highest BCUT2D eigenvalue weighted by molar-refractivity contribution is 5.85. The van der Waals surface area contributed by atoms with Crippen LogP contribution in [0.15, 0.2) is 36.7 Å². The monoisotopic (exact) mass is 264 g/mol. The van der Waals surface area contributed by atoms with E-state index in [1.807, 2.05) is 12.4 Å². The van der Waals surface area contributed by atoms with Gasteiger partial charge >= 0.3 is 0 Å². The molecule has 0 spiro atoms. The average Bonchev–Trinajstić information content (AvgIpc) is 2.93. The Bertz CT molecular complexity index is 659. The number of aromatic nitrogens is 1. The van der Waals surface area contributed by atoms with Gasteiger partial charge in [-0.05, 0) is 59.8 Å². The molecule has 102 valence electrons. The van der Waals surface area contributed by atoms with E-state index in [0.29, 0.717) is 0 Å². The highest BCUT2D eigenvalue weighted by Crippen LogP contribution is 2.71. The zero-order valence-electron chi connectivity index (χ0n) is 11.6. The lowest BCUT2D eigenvalue weighted by Gasteiger charge is -2.18. The number of nitrogens with two attached hydrogens (primary N) is 1. The van der Waals surface area contributed by atoms with Crippen LogP contribution < -0.4 is 5.73 Å². The van der Waals surface area contributed by atoms with E-state index >= 15 is 0 Å². The van der Waals surface area contributed by atoms with Crippen molar-refractivity contribution in [2.75, 3.05) is 0 Å². The molecule has 0 saturated heterocycles. The Labute approximate surface area is 119 Å². The van der Waals surface area contributed by atoms with Crippen molar-refractivity contribution in [1.29, 1.82) is 0 Å². The van der Waals surface area contributed by atoms with E-state index in [2.05, 4.69) is 29.2 Å². The number of benzene rings is 1. The van der Waals surface area contributed by atoms with Gasteiger partial charge in [-0.25, -0.2) is 0 Å². The number of rotatable bonds is 2. The summed E-state index contributed by atoms with van der Waals surface area (Å²) in [5.74, 6) is 4.58. The first-order valence-corrected chi connectivity index (χ1v) is 7.93. The van der Waals surface area contributed by atoms with Gasteiger partial charge in [0.05, 0.1) is 0 Å². The van der Waals surface area contributed by atoms with Gasteiger partial charge in [0.1, 0.15) is 0 Å². The Morgan fingerprint density at radius 1 is 1.05 bits per heavy atom. The van der Waals surface area contributed by atoms with E-state index in [9.17, 15) is 0 Å². The quantitative estimate of drug-likeness (QED) is 0.901. The molecule has 2 heteroatoms. The molecule has 3 aliphatic carbocycles. The summed E-state index contributed by atoms with van der Waals surface area (Å²) in [6.07, 6.45) is 8.37. The predicted octanol–water partition coefficient (Wildman–Crippen LogP) is 3.53. The van der Waals surface area contributed by atoms with Crippen molar-refractivity contribution in [2.24, 2.45) is 35.3 Å². The van der Waals surface area contributed by atoms with Crippen molar-refractivity contribution in [3.63, 3.8) is 0 Å². The normalized spacial score (nSPS) is 39.0. The first kappa shape index (κ1) is 11.3. The minimum Gasteiger partial charge on any atom is -0.324 e. The number of hydrogen-bond acceptors (Lipinski definition) is 2. The number of fused-ring (bicyclic) bond motifs is 6. The van der Waals surface area contributed by atoms with Gasteiger partial charge in [0.2, 0.25) is 0 Å². The maximum absolute atomic E-state index is 6.67. The smallest absolute Gasteiger partial charge is 0.0350 e. The molecule has 0 radical (unpaired) electrons. The van der Waals surface area contributed by atoms with Crippen molar-refractivity contribution >= 4 is 10.8 Å². The van der Waals surface area contributed by atoms with Gasteiger partial charge in [0, 0.05) is 23.8 Å². The van der Waals surface area contributed by atoms with Crippen LogP contribution in [0.3, 0.4) is 0 Å². The Morgan fingerprint density at radius 3 is 2.60 bits per heavy atom. The molecule has 0 amide bonds. The minimum absolute atomic E-state index is 0.187. The molecule has 2 nitrogen and oxygen atoms in total. The second-order valence-corrected chi connectivity index (χ2v) is 7.04. The van der Waals surface area contributed by atoms with E-state index < -0.39 is 0 Å². The molecule has 1 aromatic heterocycles. The van der Waals surface area contributed by atoms with E-state index in [1.54, 1.807) is 0 Å². The standard InChI is InChI=1S/C18H20N2/c19-18(17-15-10-5-6-11(7-10)16(15)17)14-9-20-8-12-3-1-2-4-13(12)14/h1-4,8-11,15-18H,5-7,19H2. The Kier molecular flexibility index (Phi) is 2.15. The fraction of sp³-hybridized carbons (Fsp3) is 0.500. The molecular weight excluding hydrogens is 244 g/mol. The van der Waals surface area contributed by atoms with Crippen LogP contribution in [0.1, 0.15) is 30.9 Å². The summed E-state index contributed by atoms with van der Waals surface area (Å²) < 4.78 is 0. The van der Waals surface area contributed by atoms with Gasteiger partial charge < -0.3 is 5.73 Å². The maximum Gasteiger partial charge on any atom is 0.0350 e. The molecule has 2 aromatic rings. The molecule has 5 unspecified atom stereocenters. The zero-order valence-corrected chi connectivity index (χ0v) is 11.6. The number of hydrogen-bond donors (Lipinski definition) is 1. The Hall–Kier alpha value is -1.41. The molecule has 3 saturated carbocycles. The van der Waals surface area contributed by atoms with Gasteiger partial charge in [0.15, 0.2) is 0 Å². The number of pyridine rings is 1. The van der Waals surface area contributed by atoms with Gasteiger partial charge in [-0.2, -0.15) is 0 Å². The highest BCUT2D eigenvalue weighted by Gasteiger charge is 2.66. The van der Waals surface area contributed by atoms with Gasteiger partial charge in [-0.15, -0.1) is 0 Å². The second kappa shape index (κ2) is 3.82. The molecule has 3 fully saturated rings. The molecule has 1 heterocycles. The summed E-state index contributed by atoms with van der Waals surface area (Å²) in [6, 6.07) is 8.70. The van der Waals surface area contributed by atoms with Crippen LogP contribution in [0.4, 0.5) is 0 Å². The van der Waals surface area contributed by atoms with Crippen LogP contribution in [0.5, 0.6) is 0 Å². The van der Waals surface area contributed by atoms with Crippen LogP contribution in [-0.2, 0) is 0 Å². The highest BCUT2D eigenvalue weighted by atomic mass is 14.8. The molecule has 3 aliphatic rings. The summed E-state index contributed by atoms with van der Waals surface area (Å²) in [7, 11) is 0. The lowest BCUT2D eigenvalue weighted by molar-refractivity contribution is 0.418. The van der Waals surface area contributed by atoms with E-state index in [4.69, 9.17) is 5.73 Å². The average molecular weight is 264 g/mol. The van der Waals surface area contributed by atoms with Crippen LogP contribution >= 0.6 is 0 Å². The fourth-order valence-electron chi connectivity index (χ4n) is 5.49. The van der Waals surface area contributed by atoms with Crippen molar-refractivity contribution in [1.82, 2.24) is 4.98 Å². The maximum atomic E-state index is 6.67. The molecule has 1 aromatic carbocycles. The predicted molar refractivity (Wildman–Crippen MR) is 80.0 cm³/mol. The summed E-state index contributed by atoms with van der Waals surface area (Å²) in [6.45, 7) is 0. The summed E-state index contributed by atoms with van der Waals surface area (Å²) in [5.41, 5.74) is 7.93. The molecule has 0 aliphatic heterocycles. The van der Waals surface area contributed by atoms with Crippen LogP contribution in [0.2, 0.25) is 0 Å². The SMILES string of the molecule is NC(c1cncc2ccccc12)C1C2C3CCC(C3)C21. The van der Waals surface area contributed by atoms with Crippen molar-refractivity contribution in [2.45, 2.75) is 25.3 Å². The summed E-state index contributed by atoms with van der Waals surface area (Å²) in [5, 5.41) is 2.52. The molecule has 5 atom stereocenters. The third-order valence-corrected chi connectivity index (χ3v) is 6.27. The van der Waals surface area contributed by atoms with Crippen LogP contribution in [0, 0.1) is 29.6 Å². The van der Waals surface area contributed by atoms with Crippen LogP contribution in [-0.4, -0.2) is 4.98 Å². The summed E-state index contributed by atoms with van der Waals surface area (Å²) in [4.78, 5) is 4.41. The lowest BCUT2D eigenvalue weighted by atomic mass is 9.92. The van der Waals surface area contributed by atoms with Gasteiger partial charge in [-0.3, -0.25) is 4.98 Å². The van der Waals surface area contributed by atoms with Crippen molar-refractivity contribution < 1.29 is 0 Å². The van der Waals surface area contributed by atoms with Gasteiger partial charge in [-0.1, -0.05) is 24.3 Å². The zero-order chi connectivity index (χ0) is 13.3. The molecule has 5 rings (SSSR count). The molecule has 20 heavy (non-hydrogen) atoms. The minimum atomic E-state index is 0.187. The molecule has 2 N–H and O–H groups in total. The molecular formula is C18H20N2.